The zero-order chi connectivity index (χ0) is 21.3. The summed E-state index contributed by atoms with van der Waals surface area (Å²) in [5.74, 6) is 1.29. The zero-order valence-electron chi connectivity index (χ0n) is 17.1. The molecule has 0 unspecified atom stereocenters. The highest BCUT2D eigenvalue weighted by Gasteiger charge is 2.64. The van der Waals surface area contributed by atoms with E-state index in [2.05, 4.69) is 20.1 Å². The minimum atomic E-state index is -0.549. The van der Waals surface area contributed by atoms with Gasteiger partial charge in [0.05, 0.1) is 11.7 Å². The van der Waals surface area contributed by atoms with E-state index < -0.39 is 11.4 Å². The van der Waals surface area contributed by atoms with E-state index in [1.807, 2.05) is 26.1 Å². The smallest absolute Gasteiger partial charge is 0.263 e. The molecule has 4 aromatic rings. The Morgan fingerprint density at radius 1 is 1.19 bits per heavy atom. The summed E-state index contributed by atoms with van der Waals surface area (Å²) in [4.78, 5) is 11.4. The number of rotatable bonds is 4. The van der Waals surface area contributed by atoms with Crippen LogP contribution in [0.4, 0.5) is 14.6 Å². The van der Waals surface area contributed by atoms with Crippen LogP contribution in [0.5, 0.6) is 0 Å². The average molecular weight is 422 g/mol. The van der Waals surface area contributed by atoms with Crippen LogP contribution >= 0.6 is 0 Å². The monoisotopic (exact) mass is 422 g/mol. The standard InChI is InChI=1S/C22H20F2N6O/c1-12(2)19-27-21(31-28-19)15-11-25-30-8-6-18(26-20(15)30)29-7-5-13-10-22(13,29)16-9-14(23)3-4-17(16)24/h3-4,6,8-9,11-13H,5,7,10H2,1-2H3/t13-,22+/m0/s1. The molecule has 1 saturated carbocycles. The fraction of sp³-hybridized carbons (Fsp3) is 0.364. The summed E-state index contributed by atoms with van der Waals surface area (Å²) >= 11 is 0. The van der Waals surface area contributed by atoms with Crippen molar-refractivity contribution in [2.45, 2.75) is 38.1 Å². The zero-order valence-corrected chi connectivity index (χ0v) is 17.1. The van der Waals surface area contributed by atoms with Crippen LogP contribution in [0.3, 0.4) is 0 Å². The largest absolute Gasteiger partial charge is 0.346 e. The van der Waals surface area contributed by atoms with Gasteiger partial charge in [0, 0.05) is 24.2 Å². The Kier molecular flexibility index (Phi) is 3.75. The van der Waals surface area contributed by atoms with E-state index in [1.54, 1.807) is 10.7 Å². The van der Waals surface area contributed by atoms with Gasteiger partial charge < -0.3 is 9.42 Å². The van der Waals surface area contributed by atoms with E-state index in [-0.39, 0.29) is 17.7 Å². The highest BCUT2D eigenvalue weighted by Crippen LogP contribution is 2.63. The summed E-state index contributed by atoms with van der Waals surface area (Å²) in [7, 11) is 0. The fourth-order valence-corrected chi connectivity index (χ4v) is 4.84. The molecule has 0 N–H and O–H groups in total. The number of fused-ring (bicyclic) bond motifs is 2. The van der Waals surface area contributed by atoms with Crippen LogP contribution in [0.2, 0.25) is 0 Å². The van der Waals surface area contributed by atoms with Crippen molar-refractivity contribution in [1.82, 2.24) is 24.7 Å². The van der Waals surface area contributed by atoms with E-state index in [0.29, 0.717) is 34.3 Å². The molecule has 1 aromatic carbocycles. The second-order valence-corrected chi connectivity index (χ2v) is 8.61. The Labute approximate surface area is 176 Å². The van der Waals surface area contributed by atoms with E-state index in [9.17, 15) is 8.78 Å². The minimum absolute atomic E-state index is 0.139. The van der Waals surface area contributed by atoms with Crippen LogP contribution in [0.15, 0.2) is 41.2 Å². The summed E-state index contributed by atoms with van der Waals surface area (Å²) in [5, 5.41) is 8.37. The number of benzene rings is 1. The number of piperidine rings is 1. The molecule has 1 aliphatic heterocycles. The van der Waals surface area contributed by atoms with Gasteiger partial charge in [0.2, 0.25) is 0 Å². The second kappa shape index (κ2) is 6.32. The first-order valence-electron chi connectivity index (χ1n) is 10.4. The van der Waals surface area contributed by atoms with Crippen LogP contribution in [-0.4, -0.2) is 31.3 Å². The molecule has 31 heavy (non-hydrogen) atoms. The molecular formula is C22H20F2N6O. The number of hydrogen-bond donors (Lipinski definition) is 0. The molecule has 0 amide bonds. The maximum atomic E-state index is 14.7. The third kappa shape index (κ3) is 2.62. The van der Waals surface area contributed by atoms with E-state index in [0.717, 1.165) is 25.5 Å². The SMILES string of the molecule is CC(C)c1noc(-c2cnn3ccc(N4CC[C@H]5C[C@]54c4cc(F)ccc4F)nc23)n1. The normalized spacial score (nSPS) is 22.5. The van der Waals surface area contributed by atoms with Crippen molar-refractivity contribution in [1.29, 1.82) is 0 Å². The first-order valence-corrected chi connectivity index (χ1v) is 10.4. The van der Waals surface area contributed by atoms with Crippen molar-refractivity contribution in [3.05, 3.63) is 59.7 Å². The molecule has 6 rings (SSSR count). The molecule has 158 valence electrons. The van der Waals surface area contributed by atoms with Crippen molar-refractivity contribution < 1.29 is 13.3 Å². The van der Waals surface area contributed by atoms with Crippen LogP contribution in [0, 0.1) is 17.6 Å². The molecule has 2 aliphatic rings. The highest BCUT2D eigenvalue weighted by atomic mass is 19.1. The van der Waals surface area contributed by atoms with Gasteiger partial charge in [0.15, 0.2) is 11.5 Å². The lowest BCUT2D eigenvalue weighted by atomic mass is 10.0. The second-order valence-electron chi connectivity index (χ2n) is 8.61. The quantitative estimate of drug-likeness (QED) is 0.488. The van der Waals surface area contributed by atoms with Gasteiger partial charge >= 0.3 is 0 Å². The minimum Gasteiger partial charge on any atom is -0.346 e. The van der Waals surface area contributed by atoms with Crippen molar-refractivity contribution in [2.75, 3.05) is 11.4 Å². The molecule has 1 aliphatic carbocycles. The number of hydrogen-bond acceptors (Lipinski definition) is 6. The van der Waals surface area contributed by atoms with Crippen molar-refractivity contribution >= 4 is 11.5 Å². The first kappa shape index (κ1) is 18.4. The van der Waals surface area contributed by atoms with E-state index in [4.69, 9.17) is 9.51 Å². The molecule has 0 spiro atoms. The topological polar surface area (TPSA) is 72.3 Å². The van der Waals surface area contributed by atoms with Gasteiger partial charge in [-0.2, -0.15) is 10.1 Å². The molecular weight excluding hydrogens is 402 g/mol. The Hall–Kier alpha value is -3.36. The highest BCUT2D eigenvalue weighted by molar-refractivity contribution is 5.72. The molecule has 7 nitrogen and oxygen atoms in total. The molecule has 2 fully saturated rings. The Balaban J connectivity index is 1.44. The summed E-state index contributed by atoms with van der Waals surface area (Å²) < 4.78 is 35.7. The maximum Gasteiger partial charge on any atom is 0.263 e. The lowest BCUT2D eigenvalue weighted by Crippen LogP contribution is -2.34. The number of nitrogens with zero attached hydrogens (tertiary/aromatic N) is 6. The summed E-state index contributed by atoms with van der Waals surface area (Å²) in [6.45, 7) is 4.71. The Morgan fingerprint density at radius 3 is 2.84 bits per heavy atom. The van der Waals surface area contributed by atoms with Gasteiger partial charge in [0.1, 0.15) is 23.0 Å². The third-order valence-corrected chi connectivity index (χ3v) is 6.47. The number of aromatic nitrogens is 5. The van der Waals surface area contributed by atoms with Gasteiger partial charge in [-0.3, -0.25) is 0 Å². The average Bonchev–Trinajstić information content (AvgIpc) is 3.13. The van der Waals surface area contributed by atoms with Gasteiger partial charge in [-0.1, -0.05) is 19.0 Å². The van der Waals surface area contributed by atoms with Gasteiger partial charge in [-0.15, -0.1) is 0 Å². The molecule has 0 bridgehead atoms. The lowest BCUT2D eigenvalue weighted by Gasteiger charge is -2.30. The van der Waals surface area contributed by atoms with E-state index >= 15 is 0 Å². The predicted octanol–water partition coefficient (Wildman–Crippen LogP) is 4.31. The molecule has 9 heteroatoms. The summed E-state index contributed by atoms with van der Waals surface area (Å²) in [6, 6.07) is 5.54. The fourth-order valence-electron chi connectivity index (χ4n) is 4.84. The Bertz CT molecular complexity index is 1310. The Morgan fingerprint density at radius 2 is 2.06 bits per heavy atom. The van der Waals surface area contributed by atoms with E-state index in [1.165, 1.54) is 12.1 Å². The van der Waals surface area contributed by atoms with Gasteiger partial charge in [-0.05, 0) is 43.0 Å². The van der Waals surface area contributed by atoms with Crippen LogP contribution < -0.4 is 4.90 Å². The number of anilines is 1. The molecule has 2 atom stereocenters. The summed E-state index contributed by atoms with van der Waals surface area (Å²) in [6.07, 6.45) is 5.16. The molecule has 1 saturated heterocycles. The van der Waals surface area contributed by atoms with Crippen molar-refractivity contribution in [2.24, 2.45) is 5.92 Å². The number of halogens is 2. The van der Waals surface area contributed by atoms with Crippen LogP contribution in [-0.2, 0) is 5.54 Å². The summed E-state index contributed by atoms with van der Waals surface area (Å²) in [5.41, 5.74) is 1.07. The van der Waals surface area contributed by atoms with Crippen molar-refractivity contribution in [3.8, 4) is 11.5 Å². The van der Waals surface area contributed by atoms with Crippen LogP contribution in [0.1, 0.15) is 44.0 Å². The molecule has 4 heterocycles. The molecule has 3 aromatic heterocycles. The molecule has 0 radical (unpaired) electrons. The first-order chi connectivity index (χ1) is 15.0. The van der Waals surface area contributed by atoms with Gasteiger partial charge in [0.25, 0.3) is 5.89 Å². The predicted molar refractivity (Wildman–Crippen MR) is 108 cm³/mol. The lowest BCUT2D eigenvalue weighted by molar-refractivity contribution is 0.419. The van der Waals surface area contributed by atoms with Gasteiger partial charge in [-0.25, -0.2) is 18.3 Å². The maximum absolute atomic E-state index is 14.7. The van der Waals surface area contributed by atoms with Crippen LogP contribution in [0.25, 0.3) is 17.1 Å². The van der Waals surface area contributed by atoms with Crippen molar-refractivity contribution in [3.63, 3.8) is 0 Å². The third-order valence-electron chi connectivity index (χ3n) is 6.47.